The fraction of sp³-hybridized carbons (Fsp3) is 0.277. The third-order valence-corrected chi connectivity index (χ3v) is 9.72. The van der Waals surface area contributed by atoms with E-state index in [0.717, 1.165) is 61.9 Å². The van der Waals surface area contributed by atoms with Crippen LogP contribution in [0.15, 0.2) is 104 Å². The fourth-order valence-corrected chi connectivity index (χ4v) is 6.50. The number of pyridine rings is 1. The van der Waals surface area contributed by atoms with Crippen LogP contribution in [0.25, 0.3) is 56.1 Å². The number of allylic oxidation sites excluding steroid dienone is 3. The Morgan fingerprint density at radius 2 is 1.40 bits per heavy atom. The van der Waals surface area contributed by atoms with E-state index in [0.29, 0.717) is 11.4 Å². The van der Waals surface area contributed by atoms with Gasteiger partial charge in [0.2, 0.25) is 0 Å². The van der Waals surface area contributed by atoms with E-state index in [-0.39, 0.29) is 43.1 Å². The number of nitrogens with zero attached hydrogens (tertiary/aromatic N) is 3. The van der Waals surface area contributed by atoms with Crippen LogP contribution in [0.2, 0.25) is 0 Å². The summed E-state index contributed by atoms with van der Waals surface area (Å²) in [6.07, 6.45) is 5.73. The summed E-state index contributed by atoms with van der Waals surface area (Å²) >= 11 is 0. The zero-order valence-corrected chi connectivity index (χ0v) is 34.7. The SMILES string of the molecule is C=C/C(=C\C)c1ccnc(-c2[c-]c(-c3cccc4c3nc(-c3ccc(F)cc3O)n4-c3cc(C(C)(C)C)cc(C(C)(C)C)c3)cc(C(C)(C)C)c2)c1.[Pt]. The Kier molecular flexibility index (Phi) is 11.0. The molecule has 0 spiro atoms. The second-order valence-electron chi connectivity index (χ2n) is 16.7. The van der Waals surface area contributed by atoms with E-state index < -0.39 is 5.82 Å². The Labute approximate surface area is 328 Å². The van der Waals surface area contributed by atoms with Crippen molar-refractivity contribution >= 4 is 16.6 Å². The maximum absolute atomic E-state index is 14.4. The third kappa shape index (κ3) is 8.02. The molecule has 4 nitrogen and oxygen atoms in total. The molecule has 0 saturated heterocycles. The van der Waals surface area contributed by atoms with Gasteiger partial charge in [0, 0.05) is 44.7 Å². The molecule has 1 N–H and O–H groups in total. The quantitative estimate of drug-likeness (QED) is 0.134. The normalized spacial score (nSPS) is 12.5. The van der Waals surface area contributed by atoms with Gasteiger partial charge in [0.25, 0.3) is 0 Å². The number of hydrogen-bond acceptors (Lipinski definition) is 3. The van der Waals surface area contributed by atoms with E-state index in [9.17, 15) is 9.50 Å². The first-order valence-electron chi connectivity index (χ1n) is 17.9. The van der Waals surface area contributed by atoms with Crippen molar-refractivity contribution in [1.82, 2.24) is 14.5 Å². The van der Waals surface area contributed by atoms with Gasteiger partial charge in [-0.05, 0) is 81.8 Å². The minimum Gasteiger partial charge on any atom is -0.507 e. The topological polar surface area (TPSA) is 50.9 Å². The first-order chi connectivity index (χ1) is 24.4. The van der Waals surface area contributed by atoms with Crippen molar-refractivity contribution < 1.29 is 30.6 Å². The van der Waals surface area contributed by atoms with Crippen LogP contribution in [-0.2, 0) is 37.3 Å². The number of aromatic hydroxyl groups is 1. The number of aromatic nitrogens is 3. The molecule has 0 atom stereocenters. The standard InChI is InChI=1S/C47H49FN3O.Pt/c1-12-29(13-2)30-19-20-49-40(24-30)32-21-31(22-33(23-32)45(3,4)5)38-15-14-16-41-43(38)50-44(39-18-17-36(48)28-42(39)52)51(41)37-26-34(46(6,7)8)25-35(27-37)47(9,10)11;/h12-20,22-28,52H,1H2,2-11H3;/q-1;/b29-13+;. The van der Waals surface area contributed by atoms with Gasteiger partial charge in [-0.1, -0.05) is 116 Å². The summed E-state index contributed by atoms with van der Waals surface area (Å²) in [5.41, 5.74) is 11.6. The average Bonchev–Trinajstić information content (AvgIpc) is 3.47. The van der Waals surface area contributed by atoms with Crippen LogP contribution in [-0.4, -0.2) is 19.6 Å². The van der Waals surface area contributed by atoms with E-state index in [1.165, 1.54) is 17.2 Å². The molecule has 6 rings (SSSR count). The van der Waals surface area contributed by atoms with Crippen molar-refractivity contribution in [2.75, 3.05) is 0 Å². The molecule has 0 bridgehead atoms. The fourth-order valence-electron chi connectivity index (χ4n) is 6.50. The smallest absolute Gasteiger partial charge is 0.148 e. The Morgan fingerprint density at radius 3 is 1.98 bits per heavy atom. The van der Waals surface area contributed by atoms with Gasteiger partial charge >= 0.3 is 0 Å². The predicted molar refractivity (Wildman–Crippen MR) is 216 cm³/mol. The number of hydrogen-bond donors (Lipinski definition) is 1. The Balaban J connectivity index is 0.00000541. The van der Waals surface area contributed by atoms with Gasteiger partial charge < -0.3 is 5.11 Å². The van der Waals surface area contributed by atoms with Crippen LogP contribution in [0.4, 0.5) is 4.39 Å². The van der Waals surface area contributed by atoms with Crippen LogP contribution in [0, 0.1) is 11.9 Å². The average molecular weight is 886 g/mol. The molecule has 0 fully saturated rings. The zero-order chi connectivity index (χ0) is 37.7. The van der Waals surface area contributed by atoms with Crippen LogP contribution in [0.5, 0.6) is 5.75 Å². The van der Waals surface area contributed by atoms with E-state index >= 15 is 0 Å². The van der Waals surface area contributed by atoms with Crippen molar-refractivity contribution in [3.8, 4) is 45.2 Å². The monoisotopic (exact) mass is 885 g/mol. The molecule has 0 unspecified atom stereocenters. The number of rotatable bonds is 6. The molecule has 0 amide bonds. The number of halogens is 1. The molecule has 0 radical (unpaired) electrons. The van der Waals surface area contributed by atoms with Crippen molar-refractivity contribution in [3.05, 3.63) is 138 Å². The number of phenols is 1. The van der Waals surface area contributed by atoms with Crippen molar-refractivity contribution in [3.63, 3.8) is 0 Å². The zero-order valence-electron chi connectivity index (χ0n) is 32.4. The van der Waals surface area contributed by atoms with E-state index in [4.69, 9.17) is 9.97 Å². The summed E-state index contributed by atoms with van der Waals surface area (Å²) in [7, 11) is 0. The first kappa shape index (κ1) is 39.6. The maximum Gasteiger partial charge on any atom is 0.148 e. The van der Waals surface area contributed by atoms with Gasteiger partial charge in [-0.3, -0.25) is 9.55 Å². The molecular weight excluding hydrogens is 837 g/mol. The van der Waals surface area contributed by atoms with Gasteiger partial charge in [-0.15, -0.1) is 29.3 Å². The summed E-state index contributed by atoms with van der Waals surface area (Å²) in [6, 6.07) is 29.1. The van der Waals surface area contributed by atoms with Crippen molar-refractivity contribution in [1.29, 1.82) is 0 Å². The minimum atomic E-state index is -0.511. The molecule has 2 aromatic heterocycles. The number of fused-ring (bicyclic) bond motifs is 1. The number of imidazole rings is 1. The molecule has 0 saturated carbocycles. The predicted octanol–water partition coefficient (Wildman–Crippen LogP) is 12.5. The van der Waals surface area contributed by atoms with Gasteiger partial charge in [0.05, 0.1) is 16.6 Å². The Bertz CT molecular complexity index is 2330. The Morgan fingerprint density at radius 1 is 0.774 bits per heavy atom. The van der Waals surface area contributed by atoms with E-state index in [1.54, 1.807) is 6.07 Å². The summed E-state index contributed by atoms with van der Waals surface area (Å²) in [5.74, 6) is -0.158. The maximum atomic E-state index is 14.4. The van der Waals surface area contributed by atoms with Crippen molar-refractivity contribution in [2.45, 2.75) is 85.5 Å². The minimum absolute atomic E-state index is 0. The first-order valence-corrected chi connectivity index (χ1v) is 17.9. The summed E-state index contributed by atoms with van der Waals surface area (Å²) in [6.45, 7) is 25.9. The molecule has 0 aliphatic carbocycles. The molecule has 6 heteroatoms. The molecule has 2 heterocycles. The van der Waals surface area contributed by atoms with E-state index in [1.807, 2.05) is 37.4 Å². The summed E-state index contributed by atoms with van der Waals surface area (Å²) < 4.78 is 16.5. The van der Waals surface area contributed by atoms with Crippen LogP contribution < -0.4 is 0 Å². The molecular formula is C47H49FN3OPt-. The molecule has 6 aromatic rings. The Hall–Kier alpha value is -4.60. The van der Waals surface area contributed by atoms with Gasteiger partial charge in [-0.2, -0.15) is 0 Å². The molecule has 276 valence electrons. The summed E-state index contributed by atoms with van der Waals surface area (Å²) in [4.78, 5) is 10.1. The van der Waals surface area contributed by atoms with Crippen LogP contribution >= 0.6 is 0 Å². The third-order valence-electron chi connectivity index (χ3n) is 9.72. The van der Waals surface area contributed by atoms with Crippen molar-refractivity contribution in [2.24, 2.45) is 0 Å². The van der Waals surface area contributed by atoms with E-state index in [2.05, 4.69) is 128 Å². The number of para-hydroxylation sites is 1. The summed E-state index contributed by atoms with van der Waals surface area (Å²) in [5, 5.41) is 11.2. The molecule has 53 heavy (non-hydrogen) atoms. The van der Waals surface area contributed by atoms with Gasteiger partial charge in [0.15, 0.2) is 0 Å². The number of benzene rings is 4. The number of phenolic OH excluding ortho intramolecular Hbond substituents is 1. The second-order valence-corrected chi connectivity index (χ2v) is 16.7. The largest absolute Gasteiger partial charge is 0.507 e. The molecule has 0 aliphatic rings. The molecule has 4 aromatic carbocycles. The van der Waals surface area contributed by atoms with Crippen LogP contribution in [0.3, 0.4) is 0 Å². The second kappa shape index (κ2) is 14.7. The van der Waals surface area contributed by atoms with Crippen LogP contribution in [0.1, 0.15) is 91.5 Å². The molecule has 0 aliphatic heterocycles. The van der Waals surface area contributed by atoms with Gasteiger partial charge in [0.1, 0.15) is 17.4 Å². The van der Waals surface area contributed by atoms with Gasteiger partial charge in [-0.25, -0.2) is 9.37 Å².